The first kappa shape index (κ1) is 16.5. The van der Waals surface area contributed by atoms with E-state index in [1.807, 2.05) is 42.3 Å². The molecule has 4 nitrogen and oxygen atoms in total. The van der Waals surface area contributed by atoms with Gasteiger partial charge in [0.2, 0.25) is 5.91 Å². The van der Waals surface area contributed by atoms with Crippen molar-refractivity contribution >= 4 is 5.91 Å². The molecule has 0 radical (unpaired) electrons. The van der Waals surface area contributed by atoms with Gasteiger partial charge in [0.1, 0.15) is 12.4 Å². The minimum atomic E-state index is 0.0745. The first-order chi connectivity index (χ1) is 11.5. The van der Waals surface area contributed by atoms with E-state index in [0.29, 0.717) is 25.5 Å². The highest BCUT2D eigenvalue weighted by atomic mass is 16.5. The van der Waals surface area contributed by atoms with Crippen LogP contribution in [0.5, 0.6) is 5.75 Å². The molecule has 24 heavy (non-hydrogen) atoms. The van der Waals surface area contributed by atoms with Gasteiger partial charge in [-0.25, -0.2) is 0 Å². The van der Waals surface area contributed by atoms with Gasteiger partial charge in [-0.2, -0.15) is 0 Å². The van der Waals surface area contributed by atoms with Crippen molar-refractivity contribution in [3.8, 4) is 16.9 Å². The van der Waals surface area contributed by atoms with Crippen LogP contribution in [0, 0.1) is 5.92 Å². The number of fused-ring (bicyclic) bond motifs is 1. The lowest BCUT2D eigenvalue weighted by Gasteiger charge is -2.27. The number of amides is 1. The van der Waals surface area contributed by atoms with Gasteiger partial charge < -0.3 is 9.64 Å². The SMILES string of the molecule is CC(C)CC(=O)N1Cc2cc(-c3cccnc3)ccc2OCC1C. The summed E-state index contributed by atoms with van der Waals surface area (Å²) < 4.78 is 5.93. The van der Waals surface area contributed by atoms with Crippen LogP contribution >= 0.6 is 0 Å². The molecular weight excluding hydrogens is 300 g/mol. The summed E-state index contributed by atoms with van der Waals surface area (Å²) in [4.78, 5) is 18.7. The lowest BCUT2D eigenvalue weighted by Crippen LogP contribution is -2.40. The van der Waals surface area contributed by atoms with Gasteiger partial charge in [0.15, 0.2) is 0 Å². The molecule has 2 heterocycles. The summed E-state index contributed by atoms with van der Waals surface area (Å²) >= 11 is 0. The number of aromatic nitrogens is 1. The van der Waals surface area contributed by atoms with Crippen molar-refractivity contribution in [1.82, 2.24) is 9.88 Å². The van der Waals surface area contributed by atoms with Crippen LogP contribution in [0.2, 0.25) is 0 Å². The van der Waals surface area contributed by atoms with E-state index in [1.165, 1.54) is 0 Å². The third kappa shape index (κ3) is 3.58. The molecule has 1 atom stereocenters. The van der Waals surface area contributed by atoms with Gasteiger partial charge in [0, 0.05) is 36.5 Å². The molecule has 0 spiro atoms. The van der Waals surface area contributed by atoms with Gasteiger partial charge in [0.05, 0.1) is 6.04 Å². The number of carbonyl (C=O) groups excluding carboxylic acids is 1. The smallest absolute Gasteiger partial charge is 0.223 e. The summed E-state index contributed by atoms with van der Waals surface area (Å²) in [5, 5.41) is 0. The van der Waals surface area contributed by atoms with E-state index in [9.17, 15) is 4.79 Å². The number of ether oxygens (including phenoxy) is 1. The fourth-order valence-corrected chi connectivity index (χ4v) is 3.00. The number of carbonyl (C=O) groups is 1. The Bertz CT molecular complexity index is 713. The van der Waals surface area contributed by atoms with Crippen molar-refractivity contribution in [3.63, 3.8) is 0 Å². The molecule has 1 aliphatic rings. The fraction of sp³-hybridized carbons (Fsp3) is 0.400. The minimum Gasteiger partial charge on any atom is -0.491 e. The predicted octanol–water partition coefficient (Wildman–Crippen LogP) is 3.90. The molecule has 126 valence electrons. The molecule has 0 saturated carbocycles. The van der Waals surface area contributed by atoms with E-state index < -0.39 is 0 Å². The van der Waals surface area contributed by atoms with Crippen molar-refractivity contribution in [2.75, 3.05) is 6.61 Å². The van der Waals surface area contributed by atoms with E-state index in [2.05, 4.69) is 24.9 Å². The van der Waals surface area contributed by atoms with Crippen LogP contribution in [0.15, 0.2) is 42.7 Å². The van der Waals surface area contributed by atoms with Gasteiger partial charge >= 0.3 is 0 Å². The van der Waals surface area contributed by atoms with E-state index in [-0.39, 0.29) is 11.9 Å². The van der Waals surface area contributed by atoms with Crippen LogP contribution in [0.3, 0.4) is 0 Å². The zero-order chi connectivity index (χ0) is 17.1. The van der Waals surface area contributed by atoms with Crippen LogP contribution in [0.4, 0.5) is 0 Å². The maximum absolute atomic E-state index is 12.6. The second kappa shape index (κ2) is 7.04. The van der Waals surface area contributed by atoms with E-state index in [1.54, 1.807) is 6.20 Å². The third-order valence-electron chi connectivity index (χ3n) is 4.31. The molecular formula is C20H24N2O2. The van der Waals surface area contributed by atoms with Crippen molar-refractivity contribution < 1.29 is 9.53 Å². The number of pyridine rings is 1. The highest BCUT2D eigenvalue weighted by Gasteiger charge is 2.26. The van der Waals surface area contributed by atoms with Gasteiger partial charge in [-0.15, -0.1) is 0 Å². The normalized spacial score (nSPS) is 17.2. The van der Waals surface area contributed by atoms with Gasteiger partial charge in [-0.1, -0.05) is 26.0 Å². The first-order valence-electron chi connectivity index (χ1n) is 8.50. The van der Waals surface area contributed by atoms with Crippen molar-refractivity contribution in [3.05, 3.63) is 48.3 Å². The van der Waals surface area contributed by atoms with Crippen molar-refractivity contribution in [2.24, 2.45) is 5.92 Å². The number of hydrogen-bond acceptors (Lipinski definition) is 3. The van der Waals surface area contributed by atoms with Crippen LogP contribution in [0.1, 0.15) is 32.8 Å². The second-order valence-electron chi connectivity index (χ2n) is 6.84. The molecule has 3 rings (SSSR count). The summed E-state index contributed by atoms with van der Waals surface area (Å²) in [5.41, 5.74) is 3.21. The van der Waals surface area contributed by atoms with Crippen molar-refractivity contribution in [1.29, 1.82) is 0 Å². The van der Waals surface area contributed by atoms with Crippen molar-refractivity contribution in [2.45, 2.75) is 39.8 Å². The molecule has 1 unspecified atom stereocenters. The summed E-state index contributed by atoms with van der Waals surface area (Å²) in [5.74, 6) is 1.42. The van der Waals surface area contributed by atoms with Crippen LogP contribution in [-0.4, -0.2) is 28.4 Å². The molecule has 0 fully saturated rings. The summed E-state index contributed by atoms with van der Waals surface area (Å²) in [6.07, 6.45) is 4.19. The number of hydrogen-bond donors (Lipinski definition) is 0. The quantitative estimate of drug-likeness (QED) is 0.860. The Kier molecular flexibility index (Phi) is 4.84. The molecule has 4 heteroatoms. The topological polar surface area (TPSA) is 42.4 Å². The zero-order valence-electron chi connectivity index (χ0n) is 14.5. The fourth-order valence-electron chi connectivity index (χ4n) is 3.00. The first-order valence-corrected chi connectivity index (χ1v) is 8.50. The van der Waals surface area contributed by atoms with Gasteiger partial charge in [-0.3, -0.25) is 9.78 Å². The molecule has 0 aliphatic carbocycles. The maximum Gasteiger partial charge on any atom is 0.223 e. The minimum absolute atomic E-state index is 0.0745. The molecule has 1 amide bonds. The zero-order valence-corrected chi connectivity index (χ0v) is 14.5. The highest BCUT2D eigenvalue weighted by molar-refractivity contribution is 5.77. The standard InChI is InChI=1S/C20H24N2O2/c1-14(2)9-20(23)22-12-18-10-16(17-5-4-8-21-11-17)6-7-19(18)24-13-15(22)3/h4-8,10-11,14-15H,9,12-13H2,1-3H3. The summed E-state index contributed by atoms with van der Waals surface area (Å²) in [6, 6.07) is 10.2. The number of benzene rings is 1. The molecule has 1 aromatic heterocycles. The number of nitrogens with zero attached hydrogens (tertiary/aromatic N) is 2. The van der Waals surface area contributed by atoms with Crippen LogP contribution in [0.25, 0.3) is 11.1 Å². The van der Waals surface area contributed by atoms with E-state index in [0.717, 1.165) is 22.4 Å². The number of rotatable bonds is 3. The molecule has 2 aromatic rings. The summed E-state index contributed by atoms with van der Waals surface area (Å²) in [6.45, 7) is 7.32. The predicted molar refractivity (Wildman–Crippen MR) is 94.6 cm³/mol. The molecule has 1 aliphatic heterocycles. The molecule has 0 N–H and O–H groups in total. The Morgan fingerprint density at radius 3 is 2.88 bits per heavy atom. The van der Waals surface area contributed by atoms with E-state index in [4.69, 9.17) is 4.74 Å². The molecule has 0 saturated heterocycles. The maximum atomic E-state index is 12.6. The Morgan fingerprint density at radius 2 is 2.17 bits per heavy atom. The Balaban J connectivity index is 1.90. The summed E-state index contributed by atoms with van der Waals surface area (Å²) in [7, 11) is 0. The lowest BCUT2D eigenvalue weighted by atomic mass is 10.0. The van der Waals surface area contributed by atoms with E-state index >= 15 is 0 Å². The monoisotopic (exact) mass is 324 g/mol. The second-order valence-corrected chi connectivity index (χ2v) is 6.84. The van der Waals surface area contributed by atoms with Crippen LogP contribution in [-0.2, 0) is 11.3 Å². The lowest BCUT2D eigenvalue weighted by molar-refractivity contribution is -0.135. The Morgan fingerprint density at radius 1 is 1.33 bits per heavy atom. The Hall–Kier alpha value is -2.36. The third-order valence-corrected chi connectivity index (χ3v) is 4.31. The van der Waals surface area contributed by atoms with Crippen LogP contribution < -0.4 is 4.74 Å². The molecule has 0 bridgehead atoms. The average Bonchev–Trinajstić information content (AvgIpc) is 2.74. The van der Waals surface area contributed by atoms with Gasteiger partial charge in [-0.05, 0) is 36.6 Å². The molecule has 1 aromatic carbocycles. The Labute approximate surface area is 143 Å². The average molecular weight is 324 g/mol. The highest BCUT2D eigenvalue weighted by Crippen LogP contribution is 2.30. The largest absolute Gasteiger partial charge is 0.491 e. The van der Waals surface area contributed by atoms with Gasteiger partial charge in [0.25, 0.3) is 0 Å².